The van der Waals surface area contributed by atoms with Crippen LogP contribution in [0.15, 0.2) is 53.4 Å². The number of carbonyl (C=O) groups is 3. The highest BCUT2D eigenvalue weighted by Gasteiger charge is 2.25. The summed E-state index contributed by atoms with van der Waals surface area (Å²) in [6, 6.07) is 12.9. The van der Waals surface area contributed by atoms with Crippen molar-refractivity contribution in [3.63, 3.8) is 0 Å². The van der Waals surface area contributed by atoms with E-state index in [9.17, 15) is 18.8 Å². The second-order valence-corrected chi connectivity index (χ2v) is 7.72. The van der Waals surface area contributed by atoms with E-state index < -0.39 is 18.5 Å². The maximum absolute atomic E-state index is 12.9. The maximum atomic E-state index is 12.9. The third-order valence-electron chi connectivity index (χ3n) is 4.11. The van der Waals surface area contributed by atoms with E-state index in [-0.39, 0.29) is 24.2 Å². The van der Waals surface area contributed by atoms with Gasteiger partial charge in [-0.2, -0.15) is 0 Å². The first-order valence-corrected chi connectivity index (χ1v) is 10.2. The van der Waals surface area contributed by atoms with Crippen molar-refractivity contribution >= 4 is 35.2 Å². The molecule has 0 atom stereocenters. The zero-order valence-electron chi connectivity index (χ0n) is 15.7. The Hall–Kier alpha value is -2.87. The molecule has 1 saturated carbocycles. The molecule has 6 nitrogen and oxygen atoms in total. The second kappa shape index (κ2) is 10.1. The van der Waals surface area contributed by atoms with E-state index >= 15 is 0 Å². The monoisotopic (exact) mass is 416 g/mol. The zero-order chi connectivity index (χ0) is 20.6. The Morgan fingerprint density at radius 1 is 1.07 bits per heavy atom. The molecule has 0 radical (unpaired) electrons. The standard InChI is InChI=1S/C21H21FN2O4S/c22-14-5-9-16(10-6-14)29-12-11-20(26)28-13-19(25)24-18-4-2-1-3-17(18)21(27)23-15-7-8-15/h1-6,9-10,15H,7-8,11-13H2,(H,23,27)(H,24,25). The SMILES string of the molecule is O=C(COC(=O)CCSc1ccc(F)cc1)Nc1ccccc1C(=O)NC1CC1. The van der Waals surface area contributed by atoms with Crippen molar-refractivity contribution in [3.05, 3.63) is 59.9 Å². The third-order valence-corrected chi connectivity index (χ3v) is 5.12. The fraction of sp³-hybridized carbons (Fsp3) is 0.286. The van der Waals surface area contributed by atoms with E-state index in [0.717, 1.165) is 17.7 Å². The van der Waals surface area contributed by atoms with E-state index in [1.54, 1.807) is 36.4 Å². The number of esters is 1. The number of thioether (sulfide) groups is 1. The minimum atomic E-state index is -0.517. The van der Waals surface area contributed by atoms with Gasteiger partial charge in [-0.15, -0.1) is 11.8 Å². The number of ether oxygens (including phenoxy) is 1. The third kappa shape index (κ3) is 6.90. The summed E-state index contributed by atoms with van der Waals surface area (Å²) in [5.41, 5.74) is 0.744. The minimum Gasteiger partial charge on any atom is -0.456 e. The minimum absolute atomic E-state index is 0.121. The number of amides is 2. The van der Waals surface area contributed by atoms with Crippen LogP contribution < -0.4 is 10.6 Å². The van der Waals surface area contributed by atoms with Crippen molar-refractivity contribution in [2.24, 2.45) is 0 Å². The van der Waals surface area contributed by atoms with Crippen molar-refractivity contribution in [2.75, 3.05) is 17.7 Å². The molecule has 0 unspecified atom stereocenters. The van der Waals surface area contributed by atoms with Crippen LogP contribution in [-0.4, -0.2) is 36.2 Å². The largest absolute Gasteiger partial charge is 0.456 e. The fourth-order valence-corrected chi connectivity index (χ4v) is 3.30. The van der Waals surface area contributed by atoms with Crippen molar-refractivity contribution < 1.29 is 23.5 Å². The van der Waals surface area contributed by atoms with Crippen LogP contribution in [0, 0.1) is 5.82 Å². The van der Waals surface area contributed by atoms with Gasteiger partial charge in [0.15, 0.2) is 6.61 Å². The Morgan fingerprint density at radius 3 is 2.52 bits per heavy atom. The molecule has 29 heavy (non-hydrogen) atoms. The molecular formula is C21H21FN2O4S. The van der Waals surface area contributed by atoms with E-state index in [1.165, 1.54) is 23.9 Å². The number of rotatable bonds is 9. The quantitative estimate of drug-likeness (QED) is 0.484. The summed E-state index contributed by atoms with van der Waals surface area (Å²) in [7, 11) is 0. The Balaban J connectivity index is 1.40. The highest BCUT2D eigenvalue weighted by molar-refractivity contribution is 7.99. The van der Waals surface area contributed by atoms with Gasteiger partial charge < -0.3 is 15.4 Å². The lowest BCUT2D eigenvalue weighted by Crippen LogP contribution is -2.28. The number of anilines is 1. The number of benzene rings is 2. The van der Waals surface area contributed by atoms with Gasteiger partial charge in [0.05, 0.1) is 17.7 Å². The highest BCUT2D eigenvalue weighted by atomic mass is 32.2. The molecule has 2 amide bonds. The summed E-state index contributed by atoms with van der Waals surface area (Å²) in [4.78, 5) is 37.0. The number of para-hydroxylation sites is 1. The van der Waals surface area contributed by atoms with Crippen LogP contribution in [-0.2, 0) is 14.3 Å². The molecule has 1 aliphatic carbocycles. The van der Waals surface area contributed by atoms with Crippen LogP contribution in [0.3, 0.4) is 0 Å². The lowest BCUT2D eigenvalue weighted by atomic mass is 10.1. The lowest BCUT2D eigenvalue weighted by molar-refractivity contribution is -0.146. The summed E-state index contributed by atoms with van der Waals surface area (Å²) in [5, 5.41) is 5.48. The number of nitrogens with one attached hydrogen (secondary N) is 2. The van der Waals surface area contributed by atoms with Gasteiger partial charge in [-0.1, -0.05) is 12.1 Å². The first-order chi connectivity index (χ1) is 14.0. The van der Waals surface area contributed by atoms with Crippen molar-refractivity contribution in [2.45, 2.75) is 30.2 Å². The number of halogens is 1. The fourth-order valence-electron chi connectivity index (χ4n) is 2.47. The van der Waals surface area contributed by atoms with Gasteiger partial charge >= 0.3 is 5.97 Å². The van der Waals surface area contributed by atoms with Gasteiger partial charge in [-0.3, -0.25) is 14.4 Å². The first-order valence-electron chi connectivity index (χ1n) is 9.25. The number of hydrogen-bond acceptors (Lipinski definition) is 5. The molecule has 0 bridgehead atoms. The lowest BCUT2D eigenvalue weighted by Gasteiger charge is -2.11. The summed E-state index contributed by atoms with van der Waals surface area (Å²) >= 11 is 1.40. The molecule has 2 N–H and O–H groups in total. The summed E-state index contributed by atoms with van der Waals surface area (Å²) in [5.74, 6) is -1.12. The summed E-state index contributed by atoms with van der Waals surface area (Å²) < 4.78 is 17.8. The van der Waals surface area contributed by atoms with Gasteiger partial charge in [-0.05, 0) is 49.2 Å². The maximum Gasteiger partial charge on any atom is 0.307 e. The molecule has 1 fully saturated rings. The molecule has 1 aliphatic rings. The highest BCUT2D eigenvalue weighted by Crippen LogP contribution is 2.22. The molecular weight excluding hydrogens is 395 g/mol. The molecule has 3 rings (SSSR count). The van der Waals surface area contributed by atoms with Crippen LogP contribution in [0.2, 0.25) is 0 Å². The smallest absolute Gasteiger partial charge is 0.307 e. The average Bonchev–Trinajstić information content (AvgIpc) is 3.52. The molecule has 0 aromatic heterocycles. The summed E-state index contributed by atoms with van der Waals surface area (Å²) in [6.45, 7) is -0.432. The molecule has 0 aliphatic heterocycles. The Labute approximate surface area is 172 Å². The Morgan fingerprint density at radius 2 is 1.79 bits per heavy atom. The van der Waals surface area contributed by atoms with Crippen LogP contribution >= 0.6 is 11.8 Å². The second-order valence-electron chi connectivity index (χ2n) is 6.55. The van der Waals surface area contributed by atoms with Crippen molar-refractivity contribution in [1.29, 1.82) is 0 Å². The van der Waals surface area contributed by atoms with Crippen LogP contribution in [0.5, 0.6) is 0 Å². The summed E-state index contributed by atoms with van der Waals surface area (Å²) in [6.07, 6.45) is 2.06. The first kappa shape index (κ1) is 20.9. The van der Waals surface area contributed by atoms with E-state index in [1.807, 2.05) is 0 Å². The predicted molar refractivity (Wildman–Crippen MR) is 108 cm³/mol. The van der Waals surface area contributed by atoms with Gasteiger partial charge in [0.2, 0.25) is 0 Å². The van der Waals surface area contributed by atoms with Crippen LogP contribution in [0.1, 0.15) is 29.6 Å². The molecule has 0 saturated heterocycles. The van der Waals surface area contributed by atoms with E-state index in [4.69, 9.17) is 4.74 Å². The van der Waals surface area contributed by atoms with E-state index in [2.05, 4.69) is 10.6 Å². The topological polar surface area (TPSA) is 84.5 Å². The zero-order valence-corrected chi connectivity index (χ0v) is 16.5. The molecule has 152 valence electrons. The Kier molecular flexibility index (Phi) is 7.24. The van der Waals surface area contributed by atoms with E-state index in [0.29, 0.717) is 17.0 Å². The molecule has 2 aromatic carbocycles. The van der Waals surface area contributed by atoms with Crippen LogP contribution in [0.25, 0.3) is 0 Å². The van der Waals surface area contributed by atoms with Gasteiger partial charge in [0.1, 0.15) is 5.82 Å². The average molecular weight is 416 g/mol. The number of hydrogen-bond donors (Lipinski definition) is 2. The van der Waals surface area contributed by atoms with Crippen molar-refractivity contribution in [3.8, 4) is 0 Å². The Bertz CT molecular complexity index is 885. The number of carbonyl (C=O) groups excluding carboxylic acids is 3. The molecule has 0 spiro atoms. The predicted octanol–water partition coefficient (Wildman–Crippen LogP) is 3.38. The molecule has 0 heterocycles. The van der Waals surface area contributed by atoms with Gasteiger partial charge in [0.25, 0.3) is 11.8 Å². The van der Waals surface area contributed by atoms with Crippen LogP contribution in [0.4, 0.5) is 10.1 Å². The van der Waals surface area contributed by atoms with Gasteiger partial charge in [0, 0.05) is 16.7 Å². The normalized spacial score (nSPS) is 12.9. The van der Waals surface area contributed by atoms with Crippen molar-refractivity contribution in [1.82, 2.24) is 5.32 Å². The molecule has 2 aromatic rings. The molecule has 8 heteroatoms. The van der Waals surface area contributed by atoms with Gasteiger partial charge in [-0.25, -0.2) is 4.39 Å².